The Morgan fingerprint density at radius 3 is 2.42 bits per heavy atom. The molecule has 0 saturated heterocycles. The number of carbonyl (C=O) groups excluding carboxylic acids is 1. The van der Waals surface area contributed by atoms with E-state index >= 15 is 0 Å². The van der Waals surface area contributed by atoms with Gasteiger partial charge in [-0.25, -0.2) is 0 Å². The van der Waals surface area contributed by atoms with Gasteiger partial charge in [-0.2, -0.15) is 0 Å². The Balaban J connectivity index is 1.64. The Kier molecular flexibility index (Phi) is 7.95. The van der Waals surface area contributed by atoms with Gasteiger partial charge in [0.15, 0.2) is 5.78 Å². The SMILES string of the molecule is CCCCc1oc2cc(OCCc3ccccc3)ccc2c1C(=O)c1cc(I)c(O)c(I)c1. The highest BCUT2D eigenvalue weighted by Gasteiger charge is 2.23. The van der Waals surface area contributed by atoms with Gasteiger partial charge in [-0.05, 0) is 81.4 Å². The van der Waals surface area contributed by atoms with Crippen LogP contribution < -0.4 is 4.74 Å². The van der Waals surface area contributed by atoms with Crippen LogP contribution in [-0.2, 0) is 12.8 Å². The summed E-state index contributed by atoms with van der Waals surface area (Å²) in [7, 11) is 0. The average Bonchev–Trinajstić information content (AvgIpc) is 3.18. The van der Waals surface area contributed by atoms with Crippen LogP contribution in [0, 0.1) is 7.14 Å². The number of aryl methyl sites for hydroxylation is 1. The van der Waals surface area contributed by atoms with Crippen molar-refractivity contribution >= 4 is 61.9 Å². The Morgan fingerprint density at radius 2 is 1.73 bits per heavy atom. The van der Waals surface area contributed by atoms with Crippen LogP contribution in [0.4, 0.5) is 0 Å². The van der Waals surface area contributed by atoms with Crippen molar-refractivity contribution in [3.63, 3.8) is 0 Å². The van der Waals surface area contributed by atoms with E-state index in [0.29, 0.717) is 42.6 Å². The van der Waals surface area contributed by atoms with Crippen molar-refractivity contribution in [1.82, 2.24) is 0 Å². The van der Waals surface area contributed by atoms with Crippen LogP contribution in [0.1, 0.15) is 47.0 Å². The first kappa shape index (κ1) is 24.1. The minimum atomic E-state index is -0.0894. The van der Waals surface area contributed by atoms with Gasteiger partial charge in [0.2, 0.25) is 0 Å². The predicted molar refractivity (Wildman–Crippen MR) is 147 cm³/mol. The molecule has 0 unspecified atom stereocenters. The van der Waals surface area contributed by atoms with Crippen molar-refractivity contribution in [1.29, 1.82) is 0 Å². The number of rotatable bonds is 9. The molecule has 0 amide bonds. The molecule has 0 aliphatic heterocycles. The molecular weight excluding hydrogens is 642 g/mol. The maximum atomic E-state index is 13.6. The average molecular weight is 666 g/mol. The molecule has 4 nitrogen and oxygen atoms in total. The quantitative estimate of drug-likeness (QED) is 0.148. The maximum absolute atomic E-state index is 13.6. The molecule has 6 heteroatoms. The number of phenolic OH excluding ortho intramolecular Hbond substituents is 1. The number of hydrogen-bond donors (Lipinski definition) is 1. The minimum Gasteiger partial charge on any atom is -0.506 e. The number of fused-ring (bicyclic) bond motifs is 1. The van der Waals surface area contributed by atoms with E-state index in [4.69, 9.17) is 9.15 Å². The number of ketones is 1. The summed E-state index contributed by atoms with van der Waals surface area (Å²) in [4.78, 5) is 13.6. The van der Waals surface area contributed by atoms with E-state index in [1.54, 1.807) is 12.1 Å². The summed E-state index contributed by atoms with van der Waals surface area (Å²) in [6, 6.07) is 19.4. The van der Waals surface area contributed by atoms with Crippen molar-refractivity contribution < 1.29 is 19.1 Å². The summed E-state index contributed by atoms with van der Waals surface area (Å²) in [5.74, 6) is 1.54. The van der Waals surface area contributed by atoms with Gasteiger partial charge in [0.05, 0.1) is 19.3 Å². The second-order valence-electron chi connectivity index (χ2n) is 7.86. The standard InChI is InChI=1S/C27H24I2O4/c1-2-3-9-23-25(26(30)18-14-21(28)27(31)22(29)15-18)20-11-10-19(16-24(20)33-23)32-13-12-17-7-5-4-6-8-17/h4-8,10-11,14-16,31H,2-3,9,12-13H2,1H3. The number of carbonyl (C=O) groups is 1. The molecule has 1 N–H and O–H groups in total. The fourth-order valence-corrected chi connectivity index (χ4v) is 5.52. The van der Waals surface area contributed by atoms with Gasteiger partial charge in [0, 0.05) is 29.9 Å². The lowest BCUT2D eigenvalue weighted by Gasteiger charge is -2.07. The molecule has 0 atom stereocenters. The summed E-state index contributed by atoms with van der Waals surface area (Å²) in [5, 5.41) is 10.9. The van der Waals surface area contributed by atoms with E-state index in [1.165, 1.54) is 5.56 Å². The van der Waals surface area contributed by atoms with Gasteiger partial charge in [0.25, 0.3) is 0 Å². The van der Waals surface area contributed by atoms with E-state index in [1.807, 2.05) is 36.4 Å². The Morgan fingerprint density at radius 1 is 1.00 bits per heavy atom. The second kappa shape index (κ2) is 10.9. The van der Waals surface area contributed by atoms with E-state index in [9.17, 15) is 9.90 Å². The summed E-state index contributed by atoms with van der Waals surface area (Å²) < 4.78 is 13.4. The zero-order valence-electron chi connectivity index (χ0n) is 18.2. The number of benzene rings is 3. The van der Waals surface area contributed by atoms with Crippen LogP contribution in [0.25, 0.3) is 11.0 Å². The van der Waals surface area contributed by atoms with Crippen molar-refractivity contribution in [3.05, 3.63) is 90.3 Å². The third kappa shape index (κ3) is 5.54. The highest BCUT2D eigenvalue weighted by Crippen LogP contribution is 2.34. The van der Waals surface area contributed by atoms with Crippen molar-refractivity contribution in [2.24, 2.45) is 0 Å². The summed E-state index contributed by atoms with van der Waals surface area (Å²) in [6.45, 7) is 2.68. The van der Waals surface area contributed by atoms with Gasteiger partial charge >= 0.3 is 0 Å². The fraction of sp³-hybridized carbons (Fsp3) is 0.222. The first-order valence-electron chi connectivity index (χ1n) is 10.9. The molecule has 1 heterocycles. The lowest BCUT2D eigenvalue weighted by Crippen LogP contribution is -2.05. The molecule has 0 fully saturated rings. The molecule has 4 rings (SSSR count). The van der Waals surface area contributed by atoms with Crippen molar-refractivity contribution in [2.45, 2.75) is 32.6 Å². The van der Waals surface area contributed by atoms with Crippen molar-refractivity contribution in [2.75, 3.05) is 6.61 Å². The largest absolute Gasteiger partial charge is 0.506 e. The fourth-order valence-electron chi connectivity index (χ4n) is 3.75. The van der Waals surface area contributed by atoms with Crippen LogP contribution in [0.2, 0.25) is 0 Å². The zero-order chi connectivity index (χ0) is 23.4. The van der Waals surface area contributed by atoms with Crippen LogP contribution >= 0.6 is 45.2 Å². The predicted octanol–water partition coefficient (Wildman–Crippen LogP) is 7.54. The lowest BCUT2D eigenvalue weighted by atomic mass is 9.98. The first-order valence-corrected chi connectivity index (χ1v) is 13.1. The normalized spacial score (nSPS) is 11.1. The first-order chi connectivity index (χ1) is 16.0. The molecule has 33 heavy (non-hydrogen) atoms. The van der Waals surface area contributed by atoms with Gasteiger partial charge in [-0.15, -0.1) is 0 Å². The molecule has 0 saturated carbocycles. The van der Waals surface area contributed by atoms with E-state index in [2.05, 4.69) is 64.2 Å². The summed E-state index contributed by atoms with van der Waals surface area (Å²) in [5.41, 5.74) is 3.03. The van der Waals surface area contributed by atoms with E-state index in [-0.39, 0.29) is 11.5 Å². The van der Waals surface area contributed by atoms with Crippen LogP contribution in [0.3, 0.4) is 0 Å². The summed E-state index contributed by atoms with van der Waals surface area (Å²) >= 11 is 4.10. The number of ether oxygens (including phenoxy) is 1. The Bertz CT molecular complexity index is 1260. The van der Waals surface area contributed by atoms with E-state index < -0.39 is 0 Å². The monoisotopic (exact) mass is 666 g/mol. The van der Waals surface area contributed by atoms with Gasteiger partial charge in [-0.3, -0.25) is 4.79 Å². The second-order valence-corrected chi connectivity index (χ2v) is 10.2. The van der Waals surface area contributed by atoms with Gasteiger partial charge in [0.1, 0.15) is 22.8 Å². The molecule has 3 aromatic carbocycles. The molecule has 170 valence electrons. The number of unbranched alkanes of at least 4 members (excludes halogenated alkanes) is 1. The highest BCUT2D eigenvalue weighted by molar-refractivity contribution is 14.1. The highest BCUT2D eigenvalue weighted by atomic mass is 127. The molecule has 0 aliphatic rings. The number of aromatic hydroxyl groups is 1. The zero-order valence-corrected chi connectivity index (χ0v) is 22.6. The molecule has 4 aromatic rings. The Hall–Kier alpha value is -2.07. The van der Waals surface area contributed by atoms with Gasteiger partial charge in [-0.1, -0.05) is 43.7 Å². The minimum absolute atomic E-state index is 0.0894. The van der Waals surface area contributed by atoms with Crippen LogP contribution in [0.5, 0.6) is 11.5 Å². The molecular formula is C27H24I2O4. The molecule has 0 radical (unpaired) electrons. The number of furan rings is 1. The summed E-state index contributed by atoms with van der Waals surface area (Å²) in [6.07, 6.45) is 3.46. The van der Waals surface area contributed by atoms with Gasteiger partial charge < -0.3 is 14.3 Å². The number of hydrogen-bond acceptors (Lipinski definition) is 4. The smallest absolute Gasteiger partial charge is 0.197 e. The van der Waals surface area contributed by atoms with Crippen LogP contribution in [0.15, 0.2) is 65.1 Å². The van der Waals surface area contributed by atoms with Crippen molar-refractivity contribution in [3.8, 4) is 11.5 Å². The topological polar surface area (TPSA) is 59.7 Å². The third-order valence-corrected chi connectivity index (χ3v) is 7.14. The number of halogens is 2. The third-order valence-electron chi connectivity index (χ3n) is 5.50. The molecule has 0 aliphatic carbocycles. The molecule has 0 spiro atoms. The molecule has 0 bridgehead atoms. The van der Waals surface area contributed by atoms with Crippen LogP contribution in [-0.4, -0.2) is 17.5 Å². The molecule has 1 aromatic heterocycles. The van der Waals surface area contributed by atoms with E-state index in [0.717, 1.165) is 30.4 Å². The Labute approximate surface area is 220 Å². The number of phenols is 1. The maximum Gasteiger partial charge on any atom is 0.197 e. The lowest BCUT2D eigenvalue weighted by molar-refractivity contribution is 0.103.